The molecule has 0 aliphatic carbocycles. The molecule has 0 aromatic heterocycles. The van der Waals surface area contributed by atoms with Crippen molar-refractivity contribution >= 4 is 8.97 Å². The molecule has 0 saturated carbocycles. The Labute approximate surface area is 106 Å². The largest absolute Gasteiger partial charge is 0.596 e. The fourth-order valence-electron chi connectivity index (χ4n) is 1.38. The molecule has 104 valence electrons. The molecule has 0 amide bonds. The first kappa shape index (κ1) is 17.0. The molecule has 0 aromatic carbocycles. The predicted molar refractivity (Wildman–Crippen MR) is 70.6 cm³/mol. The van der Waals surface area contributed by atoms with E-state index in [9.17, 15) is 0 Å². The van der Waals surface area contributed by atoms with E-state index in [1.165, 1.54) is 0 Å². The Bertz CT molecular complexity index is 158. The molecule has 0 fully saturated rings. The van der Waals surface area contributed by atoms with Crippen LogP contribution in [0.5, 0.6) is 0 Å². The van der Waals surface area contributed by atoms with Crippen molar-refractivity contribution in [2.45, 2.75) is 20.8 Å². The first-order chi connectivity index (χ1) is 8.24. The Morgan fingerprint density at radius 2 is 1.41 bits per heavy atom. The van der Waals surface area contributed by atoms with Crippen molar-refractivity contribution in [3.8, 4) is 0 Å². The molecule has 6 nitrogen and oxygen atoms in total. The zero-order valence-electron chi connectivity index (χ0n) is 11.3. The van der Waals surface area contributed by atoms with Crippen LogP contribution in [0.1, 0.15) is 20.8 Å². The summed E-state index contributed by atoms with van der Waals surface area (Å²) in [5.41, 5.74) is 5.39. The highest BCUT2D eigenvalue weighted by Crippen LogP contribution is 2.05. The SMILES string of the molecule is CCO[Si](NCCNCCN)(OCC)OCC. The molecule has 4 N–H and O–H groups in total. The number of nitrogens with two attached hydrogens (primary N) is 1. The Morgan fingerprint density at radius 3 is 1.82 bits per heavy atom. The number of nitrogens with one attached hydrogen (secondary N) is 2. The van der Waals surface area contributed by atoms with Crippen molar-refractivity contribution < 1.29 is 13.3 Å². The number of hydrogen-bond acceptors (Lipinski definition) is 6. The topological polar surface area (TPSA) is 77.8 Å². The van der Waals surface area contributed by atoms with Gasteiger partial charge in [0.15, 0.2) is 0 Å². The average Bonchev–Trinajstić information content (AvgIpc) is 2.30. The molecular weight excluding hydrogens is 238 g/mol. The third-order valence-electron chi connectivity index (χ3n) is 1.97. The zero-order valence-corrected chi connectivity index (χ0v) is 12.3. The van der Waals surface area contributed by atoms with Crippen LogP contribution in [0.3, 0.4) is 0 Å². The van der Waals surface area contributed by atoms with Crippen LogP contribution in [-0.4, -0.2) is 55.0 Å². The summed E-state index contributed by atoms with van der Waals surface area (Å²) in [6, 6.07) is 0. The summed E-state index contributed by atoms with van der Waals surface area (Å²) in [6.07, 6.45) is 0. The minimum absolute atomic E-state index is 0.579. The molecule has 0 unspecified atom stereocenters. The van der Waals surface area contributed by atoms with Crippen LogP contribution in [0.15, 0.2) is 0 Å². The highest BCUT2D eigenvalue weighted by Gasteiger charge is 2.40. The van der Waals surface area contributed by atoms with Gasteiger partial charge in [-0.2, -0.15) is 0 Å². The quantitative estimate of drug-likeness (QED) is 0.331. The van der Waals surface area contributed by atoms with Gasteiger partial charge in [-0.25, -0.2) is 0 Å². The lowest BCUT2D eigenvalue weighted by molar-refractivity contribution is 0.0601. The van der Waals surface area contributed by atoms with Crippen molar-refractivity contribution in [1.29, 1.82) is 0 Å². The highest BCUT2D eigenvalue weighted by molar-refractivity contribution is 6.57. The monoisotopic (exact) mass is 265 g/mol. The fraction of sp³-hybridized carbons (Fsp3) is 1.00. The van der Waals surface area contributed by atoms with Crippen molar-refractivity contribution in [2.75, 3.05) is 46.0 Å². The molecule has 0 saturated heterocycles. The zero-order chi connectivity index (χ0) is 13.0. The van der Waals surface area contributed by atoms with Crippen LogP contribution in [0.2, 0.25) is 0 Å². The third kappa shape index (κ3) is 7.82. The van der Waals surface area contributed by atoms with E-state index in [4.69, 9.17) is 19.0 Å². The molecule has 0 heterocycles. The number of rotatable bonds is 12. The second-order valence-electron chi connectivity index (χ2n) is 3.32. The predicted octanol–water partition coefficient (Wildman–Crippen LogP) is -0.331. The fourth-order valence-corrected chi connectivity index (χ4v) is 3.51. The molecular formula is C10H27N3O3Si. The lowest BCUT2D eigenvalue weighted by atomic mass is 10.6. The summed E-state index contributed by atoms with van der Waals surface area (Å²) in [5.74, 6) is 0. The van der Waals surface area contributed by atoms with Gasteiger partial charge in [0, 0.05) is 46.0 Å². The Hall–Kier alpha value is -0.0231. The molecule has 0 spiro atoms. The Balaban J connectivity index is 4.05. The van der Waals surface area contributed by atoms with E-state index in [2.05, 4.69) is 10.3 Å². The molecule has 0 atom stereocenters. The molecule has 0 aliphatic heterocycles. The summed E-state index contributed by atoms with van der Waals surface area (Å²) >= 11 is 0. The van der Waals surface area contributed by atoms with Crippen molar-refractivity contribution in [2.24, 2.45) is 5.73 Å². The van der Waals surface area contributed by atoms with Crippen LogP contribution in [-0.2, 0) is 13.3 Å². The van der Waals surface area contributed by atoms with Crippen molar-refractivity contribution in [3.05, 3.63) is 0 Å². The van der Waals surface area contributed by atoms with Gasteiger partial charge < -0.3 is 24.3 Å². The lowest BCUT2D eigenvalue weighted by Gasteiger charge is -2.28. The van der Waals surface area contributed by atoms with E-state index in [0.717, 1.165) is 19.6 Å². The van der Waals surface area contributed by atoms with E-state index in [1.54, 1.807) is 0 Å². The van der Waals surface area contributed by atoms with Gasteiger partial charge in [0.1, 0.15) is 0 Å². The van der Waals surface area contributed by atoms with Crippen LogP contribution in [0, 0.1) is 0 Å². The summed E-state index contributed by atoms with van der Waals surface area (Å²) in [5, 5.41) is 3.20. The van der Waals surface area contributed by atoms with Gasteiger partial charge in [-0.15, -0.1) is 0 Å². The summed E-state index contributed by atoms with van der Waals surface area (Å²) in [6.45, 7) is 10.6. The van der Waals surface area contributed by atoms with Crippen LogP contribution < -0.4 is 16.0 Å². The minimum Gasteiger partial charge on any atom is -0.361 e. The highest BCUT2D eigenvalue weighted by atomic mass is 28.4. The molecule has 0 bridgehead atoms. The average molecular weight is 265 g/mol. The summed E-state index contributed by atoms with van der Waals surface area (Å²) < 4.78 is 16.9. The van der Waals surface area contributed by atoms with Crippen LogP contribution >= 0.6 is 0 Å². The summed E-state index contributed by atoms with van der Waals surface area (Å²) in [7, 11) is -2.68. The Morgan fingerprint density at radius 1 is 0.882 bits per heavy atom. The van der Waals surface area contributed by atoms with Crippen LogP contribution in [0.25, 0.3) is 0 Å². The first-order valence-corrected chi connectivity index (χ1v) is 8.04. The van der Waals surface area contributed by atoms with Crippen molar-refractivity contribution in [1.82, 2.24) is 10.3 Å². The van der Waals surface area contributed by atoms with Crippen LogP contribution in [0.4, 0.5) is 0 Å². The van der Waals surface area contributed by atoms with E-state index in [-0.39, 0.29) is 0 Å². The molecule has 17 heavy (non-hydrogen) atoms. The van der Waals surface area contributed by atoms with Gasteiger partial charge in [0.25, 0.3) is 0 Å². The van der Waals surface area contributed by atoms with E-state index in [1.807, 2.05) is 20.8 Å². The standard InChI is InChI=1S/C10H27N3O3Si/c1-4-14-17(15-5-2,16-6-3)13-10-9-12-8-7-11/h12-13H,4-11H2,1-3H3. The lowest BCUT2D eigenvalue weighted by Crippen LogP contribution is -2.60. The second-order valence-corrected chi connectivity index (χ2v) is 5.65. The van der Waals surface area contributed by atoms with Gasteiger partial charge in [-0.1, -0.05) is 0 Å². The first-order valence-electron chi connectivity index (χ1n) is 6.32. The van der Waals surface area contributed by atoms with E-state index >= 15 is 0 Å². The molecule has 0 radical (unpaired) electrons. The molecule has 0 rings (SSSR count). The maximum Gasteiger partial charge on any atom is 0.596 e. The molecule has 0 aromatic rings. The van der Waals surface area contributed by atoms with Gasteiger partial charge in [0.05, 0.1) is 0 Å². The molecule has 0 aliphatic rings. The smallest absolute Gasteiger partial charge is 0.361 e. The van der Waals surface area contributed by atoms with E-state index < -0.39 is 8.97 Å². The second kappa shape index (κ2) is 11.1. The van der Waals surface area contributed by atoms with Gasteiger partial charge >= 0.3 is 8.97 Å². The minimum atomic E-state index is -2.68. The van der Waals surface area contributed by atoms with Crippen molar-refractivity contribution in [3.63, 3.8) is 0 Å². The Kier molecular flexibility index (Phi) is 11.1. The van der Waals surface area contributed by atoms with Gasteiger partial charge in [-0.3, -0.25) is 4.98 Å². The third-order valence-corrected chi connectivity index (χ3v) is 4.66. The maximum atomic E-state index is 5.65. The summed E-state index contributed by atoms with van der Waals surface area (Å²) in [4.78, 5) is 3.26. The van der Waals surface area contributed by atoms with Gasteiger partial charge in [-0.05, 0) is 20.8 Å². The van der Waals surface area contributed by atoms with E-state index in [0.29, 0.717) is 26.4 Å². The number of hydrogen-bond donors (Lipinski definition) is 3. The molecule has 7 heteroatoms. The maximum absolute atomic E-state index is 5.65. The van der Waals surface area contributed by atoms with Gasteiger partial charge in [0.2, 0.25) is 0 Å². The normalized spacial score (nSPS) is 12.0.